The number of likely N-dealkylation sites (tertiary alicyclic amines) is 1. The lowest BCUT2D eigenvalue weighted by molar-refractivity contribution is -0.134. The van der Waals surface area contributed by atoms with E-state index in [1.165, 1.54) is 0 Å². The minimum Gasteiger partial charge on any atom is -0.393 e. The second-order valence-corrected chi connectivity index (χ2v) is 5.23. The van der Waals surface area contributed by atoms with Crippen LogP contribution in [0.3, 0.4) is 0 Å². The number of carbonyl (C=O) groups excluding carboxylic acids is 1. The molecule has 16 heavy (non-hydrogen) atoms. The number of aliphatic hydroxyl groups is 1. The van der Waals surface area contributed by atoms with Crippen LogP contribution in [0.1, 0.15) is 46.5 Å². The van der Waals surface area contributed by atoms with Gasteiger partial charge >= 0.3 is 0 Å². The molecule has 0 bridgehead atoms. The van der Waals surface area contributed by atoms with Crippen molar-refractivity contribution in [2.75, 3.05) is 13.1 Å². The van der Waals surface area contributed by atoms with Gasteiger partial charge in [0, 0.05) is 19.5 Å². The summed E-state index contributed by atoms with van der Waals surface area (Å²) in [5.41, 5.74) is 0. The Balaban J connectivity index is 2.39. The van der Waals surface area contributed by atoms with E-state index in [2.05, 4.69) is 20.8 Å². The summed E-state index contributed by atoms with van der Waals surface area (Å²) in [7, 11) is 0. The lowest BCUT2D eigenvalue weighted by Crippen LogP contribution is -2.41. The van der Waals surface area contributed by atoms with Crippen LogP contribution >= 0.6 is 0 Å². The normalized spacial score (nSPS) is 20.2. The third kappa shape index (κ3) is 3.78. The largest absolute Gasteiger partial charge is 0.393 e. The zero-order chi connectivity index (χ0) is 12.1. The highest BCUT2D eigenvalue weighted by atomic mass is 16.3. The molecule has 1 heterocycles. The number of carbonyl (C=O) groups is 1. The highest BCUT2D eigenvalue weighted by molar-refractivity contribution is 5.76. The Morgan fingerprint density at radius 1 is 1.38 bits per heavy atom. The van der Waals surface area contributed by atoms with E-state index in [0.29, 0.717) is 18.3 Å². The number of aliphatic hydroxyl groups excluding tert-OH is 1. The SMILES string of the molecule is CCC(CC(=O)N1CCC(O)CC1)C(C)C. The van der Waals surface area contributed by atoms with Crippen molar-refractivity contribution in [3.63, 3.8) is 0 Å². The Hall–Kier alpha value is -0.570. The predicted octanol–water partition coefficient (Wildman–Crippen LogP) is 2.04. The number of nitrogens with zero attached hydrogens (tertiary/aromatic N) is 1. The second-order valence-electron chi connectivity index (χ2n) is 5.23. The summed E-state index contributed by atoms with van der Waals surface area (Å²) >= 11 is 0. The van der Waals surface area contributed by atoms with Crippen LogP contribution in [0.15, 0.2) is 0 Å². The zero-order valence-electron chi connectivity index (χ0n) is 10.8. The third-order valence-corrected chi connectivity index (χ3v) is 3.72. The van der Waals surface area contributed by atoms with Crippen molar-refractivity contribution in [3.05, 3.63) is 0 Å². The first kappa shape index (κ1) is 13.5. The quantitative estimate of drug-likeness (QED) is 0.798. The van der Waals surface area contributed by atoms with E-state index in [-0.39, 0.29) is 12.0 Å². The topological polar surface area (TPSA) is 40.5 Å². The van der Waals surface area contributed by atoms with Gasteiger partial charge in [-0.1, -0.05) is 27.2 Å². The Kier molecular flexibility index (Phi) is 5.26. The van der Waals surface area contributed by atoms with Gasteiger partial charge in [-0.15, -0.1) is 0 Å². The molecule has 3 heteroatoms. The molecule has 1 unspecified atom stereocenters. The third-order valence-electron chi connectivity index (χ3n) is 3.72. The fourth-order valence-corrected chi connectivity index (χ4v) is 2.32. The average molecular weight is 227 g/mol. The molecule has 1 rings (SSSR count). The summed E-state index contributed by atoms with van der Waals surface area (Å²) < 4.78 is 0. The maximum absolute atomic E-state index is 12.0. The fourth-order valence-electron chi connectivity index (χ4n) is 2.32. The van der Waals surface area contributed by atoms with Crippen molar-refractivity contribution >= 4 is 5.91 Å². The molecule has 0 aromatic rings. The van der Waals surface area contributed by atoms with E-state index >= 15 is 0 Å². The summed E-state index contributed by atoms with van der Waals surface area (Å²) in [5.74, 6) is 1.34. The number of hydrogen-bond acceptors (Lipinski definition) is 2. The first-order chi connectivity index (χ1) is 7.54. The van der Waals surface area contributed by atoms with Crippen molar-refractivity contribution in [2.24, 2.45) is 11.8 Å². The molecule has 1 fully saturated rings. The van der Waals surface area contributed by atoms with Crippen LogP contribution in [-0.2, 0) is 4.79 Å². The molecule has 94 valence electrons. The Morgan fingerprint density at radius 2 is 1.94 bits per heavy atom. The van der Waals surface area contributed by atoms with E-state index < -0.39 is 0 Å². The van der Waals surface area contributed by atoms with Gasteiger partial charge in [-0.25, -0.2) is 0 Å². The number of amides is 1. The average Bonchev–Trinajstić information content (AvgIpc) is 2.26. The van der Waals surface area contributed by atoms with Crippen molar-refractivity contribution in [1.82, 2.24) is 4.90 Å². The van der Waals surface area contributed by atoms with Crippen molar-refractivity contribution in [3.8, 4) is 0 Å². The molecule has 1 aliphatic rings. The van der Waals surface area contributed by atoms with E-state index in [1.807, 2.05) is 4.90 Å². The first-order valence-corrected chi connectivity index (χ1v) is 6.50. The van der Waals surface area contributed by atoms with Crippen LogP contribution < -0.4 is 0 Å². The van der Waals surface area contributed by atoms with Crippen LogP contribution in [0.4, 0.5) is 0 Å². The molecule has 0 aliphatic carbocycles. The molecule has 0 saturated carbocycles. The van der Waals surface area contributed by atoms with Gasteiger partial charge in [0.1, 0.15) is 0 Å². The van der Waals surface area contributed by atoms with Gasteiger partial charge in [0.25, 0.3) is 0 Å². The lowest BCUT2D eigenvalue weighted by Gasteiger charge is -2.31. The fraction of sp³-hybridized carbons (Fsp3) is 0.923. The van der Waals surface area contributed by atoms with Gasteiger partial charge in [0.05, 0.1) is 6.10 Å². The number of rotatable bonds is 4. The number of piperidine rings is 1. The molecule has 0 aromatic carbocycles. The number of hydrogen-bond donors (Lipinski definition) is 1. The molecule has 0 spiro atoms. The monoisotopic (exact) mass is 227 g/mol. The highest BCUT2D eigenvalue weighted by Gasteiger charge is 2.24. The van der Waals surface area contributed by atoms with Crippen molar-refractivity contribution in [1.29, 1.82) is 0 Å². The minimum atomic E-state index is -0.198. The lowest BCUT2D eigenvalue weighted by atomic mass is 9.89. The summed E-state index contributed by atoms with van der Waals surface area (Å²) in [6.45, 7) is 7.98. The zero-order valence-corrected chi connectivity index (χ0v) is 10.8. The van der Waals surface area contributed by atoms with Crippen LogP contribution in [0.25, 0.3) is 0 Å². The summed E-state index contributed by atoms with van der Waals surface area (Å²) in [6, 6.07) is 0. The maximum Gasteiger partial charge on any atom is 0.222 e. The van der Waals surface area contributed by atoms with Gasteiger partial charge < -0.3 is 10.0 Å². The van der Waals surface area contributed by atoms with Crippen molar-refractivity contribution in [2.45, 2.75) is 52.6 Å². The van der Waals surface area contributed by atoms with Gasteiger partial charge in [-0.3, -0.25) is 4.79 Å². The second kappa shape index (κ2) is 6.24. The molecule has 0 radical (unpaired) electrons. The molecule has 1 atom stereocenters. The molecular weight excluding hydrogens is 202 g/mol. The Labute approximate surface area is 98.8 Å². The summed E-state index contributed by atoms with van der Waals surface area (Å²) in [4.78, 5) is 13.9. The van der Waals surface area contributed by atoms with Crippen molar-refractivity contribution < 1.29 is 9.90 Å². The van der Waals surface area contributed by atoms with Crippen LogP contribution in [-0.4, -0.2) is 35.1 Å². The standard InChI is InChI=1S/C13H25NO2/c1-4-11(10(2)3)9-13(16)14-7-5-12(15)6-8-14/h10-12,15H,4-9H2,1-3H3. The molecule has 1 N–H and O–H groups in total. The van der Waals surface area contributed by atoms with Gasteiger partial charge in [0.15, 0.2) is 0 Å². The smallest absolute Gasteiger partial charge is 0.222 e. The van der Waals surface area contributed by atoms with E-state index in [9.17, 15) is 9.90 Å². The van der Waals surface area contributed by atoms with E-state index in [1.54, 1.807) is 0 Å². The molecular formula is C13H25NO2. The van der Waals surface area contributed by atoms with Crippen LogP contribution in [0, 0.1) is 11.8 Å². The summed E-state index contributed by atoms with van der Waals surface area (Å²) in [5, 5.41) is 9.39. The molecule has 1 amide bonds. The maximum atomic E-state index is 12.0. The molecule has 0 aromatic heterocycles. The first-order valence-electron chi connectivity index (χ1n) is 6.50. The van der Waals surface area contributed by atoms with E-state index in [0.717, 1.165) is 32.4 Å². The molecule has 1 aliphatic heterocycles. The molecule has 3 nitrogen and oxygen atoms in total. The molecule has 1 saturated heterocycles. The van der Waals surface area contributed by atoms with Crippen LogP contribution in [0.5, 0.6) is 0 Å². The van der Waals surface area contributed by atoms with Gasteiger partial charge in [-0.2, -0.15) is 0 Å². The van der Waals surface area contributed by atoms with Gasteiger partial charge in [-0.05, 0) is 24.7 Å². The van der Waals surface area contributed by atoms with E-state index in [4.69, 9.17) is 0 Å². The van der Waals surface area contributed by atoms with Gasteiger partial charge in [0.2, 0.25) is 5.91 Å². The predicted molar refractivity (Wildman–Crippen MR) is 65.1 cm³/mol. The summed E-state index contributed by atoms with van der Waals surface area (Å²) in [6.07, 6.45) is 3.02. The highest BCUT2D eigenvalue weighted by Crippen LogP contribution is 2.21. The minimum absolute atomic E-state index is 0.198. The van der Waals surface area contributed by atoms with Crippen LogP contribution in [0.2, 0.25) is 0 Å². The Bertz CT molecular complexity index is 220. The Morgan fingerprint density at radius 3 is 2.38 bits per heavy atom.